The van der Waals surface area contributed by atoms with E-state index in [-0.39, 0.29) is 35.3 Å². The summed E-state index contributed by atoms with van der Waals surface area (Å²) in [6.07, 6.45) is 6.73. The molecule has 2 heterocycles. The number of fused-ring (bicyclic) bond motifs is 3. The molecule has 56 heavy (non-hydrogen) atoms. The summed E-state index contributed by atoms with van der Waals surface area (Å²) in [6.45, 7) is 13.9. The molecular formula is C47H59NO7Si. The van der Waals surface area contributed by atoms with Crippen molar-refractivity contribution in [3.8, 4) is 5.75 Å². The van der Waals surface area contributed by atoms with Gasteiger partial charge in [0.05, 0.1) is 31.2 Å². The van der Waals surface area contributed by atoms with E-state index in [2.05, 4.69) is 82.3 Å². The van der Waals surface area contributed by atoms with Crippen molar-refractivity contribution in [2.24, 2.45) is 17.8 Å². The lowest BCUT2D eigenvalue weighted by Crippen LogP contribution is -2.66. The van der Waals surface area contributed by atoms with Crippen LogP contribution in [0.4, 0.5) is 0 Å². The number of hydrogen-bond donors (Lipinski definition) is 2. The van der Waals surface area contributed by atoms with E-state index in [0.29, 0.717) is 51.2 Å². The third kappa shape index (κ3) is 8.36. The van der Waals surface area contributed by atoms with Crippen molar-refractivity contribution in [1.29, 1.82) is 0 Å². The SMILES string of the molecule is CC/C(=C\c1cc(C)c(O)c(C)c1)CC[C@H]1OC[C@H]2C1=C(CO[Si](c1ccccc1)(c1ccccc1)C(C)(C)C)C[C@H]1C(=O)N(CCCCCC(=O)O)C(=O)[C@H]12. The van der Waals surface area contributed by atoms with E-state index in [4.69, 9.17) is 14.3 Å². The number of rotatable bonds is 16. The van der Waals surface area contributed by atoms with Crippen molar-refractivity contribution in [3.63, 3.8) is 0 Å². The van der Waals surface area contributed by atoms with Crippen LogP contribution in [0.5, 0.6) is 5.75 Å². The summed E-state index contributed by atoms with van der Waals surface area (Å²) >= 11 is 0. The van der Waals surface area contributed by atoms with Crippen LogP contribution >= 0.6 is 0 Å². The Labute approximate surface area is 333 Å². The maximum absolute atomic E-state index is 14.2. The summed E-state index contributed by atoms with van der Waals surface area (Å²) in [5.74, 6) is -1.90. The number of benzene rings is 3. The summed E-state index contributed by atoms with van der Waals surface area (Å²) in [5, 5.41) is 21.6. The van der Waals surface area contributed by atoms with Gasteiger partial charge in [0, 0.05) is 18.9 Å². The first-order valence-corrected chi connectivity index (χ1v) is 22.3. The molecule has 2 saturated heterocycles. The molecule has 2 amide bonds. The number of carboxylic acids is 1. The molecule has 0 bridgehead atoms. The van der Waals surface area contributed by atoms with Gasteiger partial charge in [-0.15, -0.1) is 0 Å². The zero-order valence-electron chi connectivity index (χ0n) is 34.0. The van der Waals surface area contributed by atoms with Gasteiger partial charge in [0.15, 0.2) is 0 Å². The van der Waals surface area contributed by atoms with Crippen LogP contribution in [0.15, 0.2) is 89.5 Å². The van der Waals surface area contributed by atoms with Gasteiger partial charge in [0.1, 0.15) is 5.75 Å². The first kappa shape index (κ1) is 41.3. The number of allylic oxidation sites excluding steroid dienone is 1. The molecular weight excluding hydrogens is 719 g/mol. The topological polar surface area (TPSA) is 113 Å². The van der Waals surface area contributed by atoms with Crippen LogP contribution in [0.3, 0.4) is 0 Å². The lowest BCUT2D eigenvalue weighted by atomic mass is 9.69. The van der Waals surface area contributed by atoms with Gasteiger partial charge in [0.2, 0.25) is 11.8 Å². The molecule has 3 aromatic rings. The first-order chi connectivity index (χ1) is 26.8. The van der Waals surface area contributed by atoms with Gasteiger partial charge in [-0.05, 0) is 108 Å². The summed E-state index contributed by atoms with van der Waals surface area (Å²) < 4.78 is 14.2. The highest BCUT2D eigenvalue weighted by Gasteiger charge is 2.57. The molecule has 3 aliphatic rings. The number of carboxylic acid groups (broad SMARTS) is 1. The Bertz CT molecular complexity index is 1900. The second-order valence-corrected chi connectivity index (χ2v) is 21.3. The number of unbranched alkanes of at least 4 members (excludes halogenated alkanes) is 2. The van der Waals surface area contributed by atoms with Crippen LogP contribution < -0.4 is 10.4 Å². The van der Waals surface area contributed by atoms with Crippen LogP contribution in [0, 0.1) is 31.6 Å². The van der Waals surface area contributed by atoms with E-state index in [1.165, 1.54) is 20.8 Å². The number of carbonyl (C=O) groups is 3. The van der Waals surface area contributed by atoms with E-state index < -0.39 is 26.1 Å². The monoisotopic (exact) mass is 777 g/mol. The lowest BCUT2D eigenvalue weighted by molar-refractivity contribution is -0.141. The van der Waals surface area contributed by atoms with E-state index in [9.17, 15) is 19.5 Å². The van der Waals surface area contributed by atoms with Crippen molar-refractivity contribution in [2.45, 2.75) is 104 Å². The summed E-state index contributed by atoms with van der Waals surface area (Å²) in [5.41, 5.74) is 6.28. The molecule has 0 saturated carbocycles. The molecule has 298 valence electrons. The summed E-state index contributed by atoms with van der Waals surface area (Å²) in [6, 6.07) is 25.2. The van der Waals surface area contributed by atoms with Gasteiger partial charge in [-0.3, -0.25) is 19.3 Å². The molecule has 1 aliphatic carbocycles. The van der Waals surface area contributed by atoms with Gasteiger partial charge in [-0.25, -0.2) is 0 Å². The van der Waals surface area contributed by atoms with Gasteiger partial charge < -0.3 is 19.4 Å². The van der Waals surface area contributed by atoms with Crippen LogP contribution in [-0.2, 0) is 23.5 Å². The fourth-order valence-corrected chi connectivity index (χ4v) is 14.1. The second kappa shape index (κ2) is 17.4. The fraction of sp³-hybridized carbons (Fsp3) is 0.468. The number of aromatic hydroxyl groups is 1. The van der Waals surface area contributed by atoms with Crippen LogP contribution in [0.1, 0.15) is 95.8 Å². The molecule has 0 unspecified atom stereocenters. The Morgan fingerprint density at radius 2 is 1.54 bits per heavy atom. The van der Waals surface area contributed by atoms with Crippen LogP contribution in [0.2, 0.25) is 5.04 Å². The molecule has 0 aromatic heterocycles. The van der Waals surface area contributed by atoms with Crippen LogP contribution in [0.25, 0.3) is 6.08 Å². The largest absolute Gasteiger partial charge is 0.507 e. The molecule has 2 N–H and O–H groups in total. The fourth-order valence-electron chi connectivity index (χ4n) is 9.55. The average molecular weight is 778 g/mol. The number of nitrogens with zero attached hydrogens (tertiary/aromatic N) is 1. The Hall–Kier alpha value is -4.31. The molecule has 3 aromatic carbocycles. The zero-order chi connectivity index (χ0) is 40.2. The van der Waals surface area contributed by atoms with Gasteiger partial charge >= 0.3 is 5.97 Å². The zero-order valence-corrected chi connectivity index (χ0v) is 35.0. The van der Waals surface area contributed by atoms with Crippen LogP contribution in [-0.4, -0.2) is 67.1 Å². The van der Waals surface area contributed by atoms with Crippen molar-refractivity contribution in [2.75, 3.05) is 19.8 Å². The average Bonchev–Trinajstić information content (AvgIpc) is 3.70. The number of amides is 2. The second-order valence-electron chi connectivity index (χ2n) is 17.0. The molecule has 0 spiro atoms. The maximum atomic E-state index is 14.2. The standard InChI is InChI=1S/C47H59NO7Si/c1-7-33(27-34-25-31(2)44(51)32(3)26-34)22-23-40-42-35(29-55-56(47(4,5)6,36-17-11-8-12-18-36)37-19-13-9-14-20-37)28-38-43(39(42)30-54-40)46(53)48(45(38)52)24-16-10-15-21-41(49)50/h8-9,11-14,17-20,25-27,38-40,43,51H,7,10,15-16,21-24,28-30H2,1-6H3,(H,49,50)/b33-27+/t38-,39+,40-,43-/m1/s1. The predicted molar refractivity (Wildman–Crippen MR) is 223 cm³/mol. The normalized spacial score (nSPS) is 21.5. The quantitative estimate of drug-likeness (QED) is 0.0654. The highest BCUT2D eigenvalue weighted by Crippen LogP contribution is 2.50. The highest BCUT2D eigenvalue weighted by atomic mass is 28.4. The summed E-state index contributed by atoms with van der Waals surface area (Å²) in [4.78, 5) is 40.8. The molecule has 9 heteroatoms. The van der Waals surface area contributed by atoms with E-state index in [1.807, 2.05) is 38.1 Å². The summed E-state index contributed by atoms with van der Waals surface area (Å²) in [7, 11) is -2.92. The number of aryl methyl sites for hydroxylation is 2. The van der Waals surface area contributed by atoms with Gasteiger partial charge in [-0.1, -0.05) is 106 Å². The molecule has 6 rings (SSSR count). The molecule has 8 nitrogen and oxygen atoms in total. The Morgan fingerprint density at radius 1 is 0.911 bits per heavy atom. The number of phenolic OH excluding ortho intramolecular Hbond substituents is 1. The minimum Gasteiger partial charge on any atom is -0.507 e. The Balaban J connectivity index is 1.34. The number of hydrogen-bond acceptors (Lipinski definition) is 6. The van der Waals surface area contributed by atoms with Gasteiger partial charge in [-0.2, -0.15) is 0 Å². The predicted octanol–water partition coefficient (Wildman–Crippen LogP) is 8.12. The number of carbonyl (C=O) groups excluding carboxylic acids is 2. The third-order valence-corrected chi connectivity index (χ3v) is 17.3. The minimum absolute atomic E-state index is 0.0824. The van der Waals surface area contributed by atoms with Crippen molar-refractivity contribution in [3.05, 3.63) is 106 Å². The van der Waals surface area contributed by atoms with Crippen molar-refractivity contribution >= 4 is 42.6 Å². The number of imide groups is 1. The molecule has 0 radical (unpaired) electrons. The van der Waals surface area contributed by atoms with Crippen molar-refractivity contribution in [1.82, 2.24) is 4.90 Å². The van der Waals surface area contributed by atoms with E-state index in [1.54, 1.807) is 0 Å². The first-order valence-electron chi connectivity index (χ1n) is 20.4. The third-order valence-electron chi connectivity index (χ3n) is 12.3. The highest BCUT2D eigenvalue weighted by molar-refractivity contribution is 6.99. The Morgan fingerprint density at radius 3 is 2.11 bits per heavy atom. The number of ether oxygens (including phenoxy) is 1. The number of phenols is 1. The Kier molecular flexibility index (Phi) is 12.9. The maximum Gasteiger partial charge on any atom is 0.303 e. The minimum atomic E-state index is -2.92. The molecule has 4 atom stereocenters. The number of aliphatic carboxylic acids is 1. The van der Waals surface area contributed by atoms with E-state index in [0.717, 1.165) is 47.1 Å². The molecule has 2 aliphatic heterocycles. The number of likely N-dealkylation sites (tertiary alicyclic amines) is 1. The smallest absolute Gasteiger partial charge is 0.303 e. The molecule has 2 fully saturated rings. The van der Waals surface area contributed by atoms with E-state index >= 15 is 0 Å². The lowest BCUT2D eigenvalue weighted by Gasteiger charge is -2.44. The van der Waals surface area contributed by atoms with Crippen molar-refractivity contribution < 1.29 is 33.8 Å². The van der Waals surface area contributed by atoms with Gasteiger partial charge in [0.25, 0.3) is 8.32 Å².